The summed E-state index contributed by atoms with van der Waals surface area (Å²) in [5, 5.41) is 0.854. The van der Waals surface area contributed by atoms with Crippen LogP contribution in [0.5, 0.6) is 5.75 Å². The monoisotopic (exact) mass is 376 g/mol. The maximum absolute atomic E-state index is 11.2. The van der Waals surface area contributed by atoms with Crippen molar-refractivity contribution in [2.24, 2.45) is 0 Å². The zero-order chi connectivity index (χ0) is 18.7. The molecule has 0 amide bonds. The number of rotatable bonds is 5. The number of carbonyl (C=O) groups is 1. The van der Waals surface area contributed by atoms with Gasteiger partial charge in [0.1, 0.15) is 17.2 Å². The molecular weight excluding hydrogens is 348 g/mol. The Morgan fingerprint density at radius 1 is 1.23 bits per heavy atom. The van der Waals surface area contributed by atoms with Gasteiger partial charge in [-0.2, -0.15) is 0 Å². The molecule has 0 spiro atoms. The first-order valence-electron chi connectivity index (χ1n) is 9.19. The third-order valence-corrected chi connectivity index (χ3v) is 6.08. The van der Waals surface area contributed by atoms with Gasteiger partial charge in [-0.05, 0) is 59.9 Å². The predicted octanol–water partition coefficient (Wildman–Crippen LogP) is 2.71. The molecule has 2 N–H and O–H groups in total. The molecule has 2 aromatic heterocycles. The van der Waals surface area contributed by atoms with E-state index in [0.717, 1.165) is 66.2 Å². The lowest BCUT2D eigenvalue weighted by Crippen LogP contribution is -2.37. The van der Waals surface area contributed by atoms with Crippen molar-refractivity contribution in [1.82, 2.24) is 14.8 Å². The second-order valence-corrected chi connectivity index (χ2v) is 8.06. The van der Waals surface area contributed by atoms with Crippen molar-refractivity contribution in [3.8, 4) is 5.75 Å². The zero-order valence-electron chi connectivity index (χ0n) is 15.9. The number of anilines is 1. The molecule has 0 bridgehead atoms. The first kappa shape index (κ1) is 19.1. The van der Waals surface area contributed by atoms with E-state index in [1.165, 1.54) is 24.2 Å². The fourth-order valence-electron chi connectivity index (χ4n) is 3.63. The summed E-state index contributed by atoms with van der Waals surface area (Å²) in [5.41, 5.74) is 8.47. The number of aryl methyl sites for hydroxylation is 2. The Kier molecular flexibility index (Phi) is 6.11. The number of carbonyl (C=O) groups excluding carboxylic acids is 1. The summed E-state index contributed by atoms with van der Waals surface area (Å²) < 4.78 is 6.12. The number of pyridine rings is 1. The fraction of sp³-hybridized carbons (Fsp3) is 0.579. The van der Waals surface area contributed by atoms with E-state index in [0.29, 0.717) is 17.2 Å². The number of fused-ring (bicyclic) bond motifs is 1. The van der Waals surface area contributed by atoms with E-state index >= 15 is 0 Å². The highest BCUT2D eigenvalue weighted by Gasteiger charge is 2.18. The van der Waals surface area contributed by atoms with Gasteiger partial charge in [0.05, 0.1) is 16.3 Å². The largest absolute Gasteiger partial charge is 0.490 e. The summed E-state index contributed by atoms with van der Waals surface area (Å²) in [6, 6.07) is 0. The summed E-state index contributed by atoms with van der Waals surface area (Å²) in [6.45, 7) is 10.0. The van der Waals surface area contributed by atoms with Crippen LogP contribution in [0.3, 0.4) is 0 Å². The molecule has 0 unspecified atom stereocenters. The van der Waals surface area contributed by atoms with Crippen molar-refractivity contribution >= 4 is 33.5 Å². The quantitative estimate of drug-likeness (QED) is 0.809. The van der Waals surface area contributed by atoms with E-state index in [1.54, 1.807) is 0 Å². The zero-order valence-corrected chi connectivity index (χ0v) is 16.7. The first-order chi connectivity index (χ1) is 12.5. The highest BCUT2D eigenvalue weighted by Crippen LogP contribution is 2.38. The molecule has 0 atom stereocenters. The molecule has 6 nitrogen and oxygen atoms in total. The Bertz CT molecular complexity index is 780. The average Bonchev–Trinajstić information content (AvgIpc) is 2.90. The summed E-state index contributed by atoms with van der Waals surface area (Å²) in [6.07, 6.45) is 3.19. The van der Waals surface area contributed by atoms with Crippen LogP contribution >= 0.6 is 11.3 Å². The van der Waals surface area contributed by atoms with Crippen LogP contribution in [0.1, 0.15) is 33.8 Å². The maximum atomic E-state index is 11.2. The van der Waals surface area contributed by atoms with Gasteiger partial charge in [-0.1, -0.05) is 0 Å². The number of nitrogens with zero attached hydrogens (tertiary/aromatic N) is 3. The Hall–Kier alpha value is -1.70. The van der Waals surface area contributed by atoms with Crippen molar-refractivity contribution in [1.29, 1.82) is 0 Å². The molecule has 0 aliphatic carbocycles. The predicted molar refractivity (Wildman–Crippen MR) is 108 cm³/mol. The van der Waals surface area contributed by atoms with Gasteiger partial charge in [0, 0.05) is 17.5 Å². The van der Waals surface area contributed by atoms with Crippen molar-refractivity contribution in [3.63, 3.8) is 0 Å². The Balaban J connectivity index is 1.68. The van der Waals surface area contributed by atoms with Crippen LogP contribution in [0.4, 0.5) is 5.69 Å². The van der Waals surface area contributed by atoms with Crippen molar-refractivity contribution in [2.45, 2.75) is 26.7 Å². The van der Waals surface area contributed by atoms with E-state index in [4.69, 9.17) is 10.5 Å². The van der Waals surface area contributed by atoms with Crippen LogP contribution < -0.4 is 10.5 Å². The van der Waals surface area contributed by atoms with Crippen LogP contribution in [0.25, 0.3) is 10.2 Å². The number of aldehydes is 1. The minimum Gasteiger partial charge on any atom is -0.490 e. The summed E-state index contributed by atoms with van der Waals surface area (Å²) in [5.74, 6) is 0.797. The Morgan fingerprint density at radius 2 is 1.92 bits per heavy atom. The van der Waals surface area contributed by atoms with Gasteiger partial charge in [-0.3, -0.25) is 9.69 Å². The molecule has 0 saturated carbocycles. The number of nitrogen functional groups attached to an aromatic ring is 1. The van der Waals surface area contributed by atoms with E-state index in [9.17, 15) is 4.79 Å². The van der Waals surface area contributed by atoms with Crippen LogP contribution in [0.15, 0.2) is 0 Å². The summed E-state index contributed by atoms with van der Waals surface area (Å²) in [4.78, 5) is 22.0. The topological polar surface area (TPSA) is 71.7 Å². The van der Waals surface area contributed by atoms with Crippen LogP contribution in [0.2, 0.25) is 0 Å². The Morgan fingerprint density at radius 3 is 2.58 bits per heavy atom. The molecule has 26 heavy (non-hydrogen) atoms. The Labute approximate surface area is 158 Å². The number of nitrogens with two attached hydrogens (primary N) is 1. The minimum atomic E-state index is 0.516. The molecule has 3 heterocycles. The normalized spacial score (nSPS) is 17.2. The molecule has 0 radical (unpaired) electrons. The molecule has 142 valence electrons. The fourth-order valence-corrected chi connectivity index (χ4v) is 4.65. The van der Waals surface area contributed by atoms with E-state index < -0.39 is 0 Å². The third kappa shape index (κ3) is 4.00. The number of aromatic nitrogens is 1. The minimum absolute atomic E-state index is 0.516. The smallest absolute Gasteiger partial charge is 0.162 e. The lowest BCUT2D eigenvalue weighted by atomic mass is 10.1. The molecule has 1 aliphatic heterocycles. The lowest BCUT2D eigenvalue weighted by Gasteiger charge is -2.28. The van der Waals surface area contributed by atoms with Gasteiger partial charge in [0.2, 0.25) is 0 Å². The second-order valence-electron chi connectivity index (χ2n) is 7.03. The van der Waals surface area contributed by atoms with Gasteiger partial charge < -0.3 is 15.4 Å². The number of hydrogen-bond acceptors (Lipinski definition) is 7. The van der Waals surface area contributed by atoms with Crippen molar-refractivity contribution in [3.05, 3.63) is 16.1 Å². The number of hydrogen-bond donors (Lipinski definition) is 1. The van der Waals surface area contributed by atoms with E-state index in [2.05, 4.69) is 21.8 Å². The molecule has 1 fully saturated rings. The van der Waals surface area contributed by atoms with Crippen molar-refractivity contribution < 1.29 is 9.53 Å². The van der Waals surface area contributed by atoms with Gasteiger partial charge in [0.25, 0.3) is 0 Å². The highest BCUT2D eigenvalue weighted by atomic mass is 32.1. The lowest BCUT2D eigenvalue weighted by molar-refractivity contribution is 0.112. The second kappa shape index (κ2) is 8.33. The molecule has 7 heteroatoms. The highest BCUT2D eigenvalue weighted by molar-refractivity contribution is 7.20. The van der Waals surface area contributed by atoms with Gasteiger partial charge in [0.15, 0.2) is 6.29 Å². The van der Waals surface area contributed by atoms with E-state index in [-0.39, 0.29) is 0 Å². The van der Waals surface area contributed by atoms with Gasteiger partial charge in [-0.15, -0.1) is 11.3 Å². The summed E-state index contributed by atoms with van der Waals surface area (Å²) in [7, 11) is 2.19. The molecule has 1 aliphatic rings. The average molecular weight is 377 g/mol. The third-order valence-electron chi connectivity index (χ3n) is 5.06. The standard InChI is InChI=1S/C19H28N4O2S/c1-13-16-17(20)15(12-24)26-19(16)21-14(2)18(13)25-11-10-23-8-4-6-22(3)7-5-9-23/h12H,4-11,20H2,1-3H3. The van der Waals surface area contributed by atoms with Crippen LogP contribution in [-0.2, 0) is 0 Å². The SMILES string of the molecule is Cc1nc2sc(C=O)c(N)c2c(C)c1OCCN1CCCN(C)CCC1. The molecular formula is C19H28N4O2S. The van der Waals surface area contributed by atoms with E-state index in [1.807, 2.05) is 13.8 Å². The first-order valence-corrected chi connectivity index (χ1v) is 10.0. The van der Waals surface area contributed by atoms with Crippen molar-refractivity contribution in [2.75, 3.05) is 52.1 Å². The van der Waals surface area contributed by atoms with Crippen LogP contribution in [0, 0.1) is 13.8 Å². The number of ether oxygens (including phenoxy) is 1. The van der Waals surface area contributed by atoms with Gasteiger partial charge in [-0.25, -0.2) is 4.98 Å². The molecule has 1 saturated heterocycles. The molecule has 3 rings (SSSR count). The summed E-state index contributed by atoms with van der Waals surface area (Å²) >= 11 is 1.34. The maximum Gasteiger partial charge on any atom is 0.162 e. The number of thiophene rings is 1. The molecule has 0 aromatic carbocycles. The molecule has 2 aromatic rings. The van der Waals surface area contributed by atoms with Crippen LogP contribution in [-0.4, -0.2) is 67.4 Å². The van der Waals surface area contributed by atoms with Gasteiger partial charge >= 0.3 is 0 Å².